The summed E-state index contributed by atoms with van der Waals surface area (Å²) in [5.74, 6) is 0.603. The number of rotatable bonds is 5. The van der Waals surface area contributed by atoms with Crippen molar-refractivity contribution >= 4 is 18.9 Å². The molecule has 0 saturated carbocycles. The van der Waals surface area contributed by atoms with Crippen molar-refractivity contribution in [3.05, 3.63) is 12.3 Å². The van der Waals surface area contributed by atoms with Crippen LogP contribution in [0.25, 0.3) is 0 Å². The third-order valence-corrected chi connectivity index (χ3v) is 1.07. The molecule has 0 aromatic carbocycles. The lowest BCUT2D eigenvalue weighted by Gasteiger charge is -1.94. The Morgan fingerprint density at radius 3 is 2.70 bits per heavy atom. The number of hydrogen-bond acceptors (Lipinski definition) is 3. The van der Waals surface area contributed by atoms with E-state index in [1.54, 1.807) is 6.08 Å². The fourth-order valence-electron chi connectivity index (χ4n) is 0.389. The van der Waals surface area contributed by atoms with Gasteiger partial charge in [-0.2, -0.15) is 0 Å². The molecular formula is C5H10BClO3. The van der Waals surface area contributed by atoms with Gasteiger partial charge in [0.2, 0.25) is 0 Å². The molecule has 0 radical (unpaired) electrons. The molecule has 0 aromatic heterocycles. The van der Waals surface area contributed by atoms with Gasteiger partial charge >= 0.3 is 7.32 Å². The smallest absolute Gasteiger partial charge is 0.519 e. The minimum Gasteiger partial charge on any atom is -0.519 e. The maximum atomic E-state index is 8.16. The quantitative estimate of drug-likeness (QED) is 0.269. The number of unbranched alkanes of at least 4 members (excludes halogenated alkanes) is 1. The Hall–Kier alpha value is -0.185. The van der Waals surface area contributed by atoms with Crippen LogP contribution >= 0.6 is 11.6 Å². The molecule has 10 heavy (non-hydrogen) atoms. The first-order valence-corrected chi connectivity index (χ1v) is 3.53. The van der Waals surface area contributed by atoms with Gasteiger partial charge in [-0.3, -0.25) is 0 Å². The Morgan fingerprint density at radius 1 is 1.50 bits per heavy atom. The molecular weight excluding hydrogens is 154 g/mol. The van der Waals surface area contributed by atoms with E-state index < -0.39 is 7.32 Å². The normalized spacial score (nSPS) is 10.3. The zero-order chi connectivity index (χ0) is 7.82. The summed E-state index contributed by atoms with van der Waals surface area (Å²) in [5, 5.41) is 16.3. The predicted octanol–water partition coefficient (Wildman–Crippen LogP) is 0.505. The fraction of sp³-hybridized carbons (Fsp3) is 0.600. The van der Waals surface area contributed by atoms with E-state index in [0.29, 0.717) is 5.88 Å². The molecule has 0 rings (SSSR count). The van der Waals surface area contributed by atoms with E-state index in [0.717, 1.165) is 12.8 Å². The zero-order valence-corrected chi connectivity index (χ0v) is 6.29. The lowest BCUT2D eigenvalue weighted by molar-refractivity contribution is 0.257. The van der Waals surface area contributed by atoms with Gasteiger partial charge in [0, 0.05) is 5.88 Å². The van der Waals surface area contributed by atoms with Gasteiger partial charge in [0.1, 0.15) is 0 Å². The van der Waals surface area contributed by atoms with Gasteiger partial charge in [0.15, 0.2) is 0 Å². The van der Waals surface area contributed by atoms with Crippen LogP contribution in [0.3, 0.4) is 0 Å². The first kappa shape index (κ1) is 9.81. The lowest BCUT2D eigenvalue weighted by atomic mass is 10.3. The van der Waals surface area contributed by atoms with Gasteiger partial charge in [-0.15, -0.1) is 11.6 Å². The summed E-state index contributed by atoms with van der Waals surface area (Å²) in [7, 11) is -1.72. The minimum absolute atomic E-state index is 0.603. The highest BCUT2D eigenvalue weighted by Crippen LogP contribution is 1.93. The van der Waals surface area contributed by atoms with Crippen LogP contribution in [-0.4, -0.2) is 23.2 Å². The molecule has 0 amide bonds. The number of allylic oxidation sites excluding steroid dienone is 1. The van der Waals surface area contributed by atoms with Crippen LogP contribution < -0.4 is 0 Å². The van der Waals surface area contributed by atoms with Gasteiger partial charge in [0.05, 0.1) is 6.26 Å². The molecule has 0 aliphatic carbocycles. The Labute approximate surface area is 65.4 Å². The van der Waals surface area contributed by atoms with Crippen LogP contribution in [0.4, 0.5) is 0 Å². The Morgan fingerprint density at radius 2 is 2.20 bits per heavy atom. The van der Waals surface area contributed by atoms with E-state index in [1.807, 2.05) is 0 Å². The summed E-state index contributed by atoms with van der Waals surface area (Å²) < 4.78 is 4.28. The fourth-order valence-corrected chi connectivity index (χ4v) is 0.543. The summed E-state index contributed by atoms with van der Waals surface area (Å²) in [6.07, 6.45) is 4.58. The van der Waals surface area contributed by atoms with E-state index in [1.165, 1.54) is 6.26 Å². The molecule has 3 nitrogen and oxygen atoms in total. The highest BCUT2D eigenvalue weighted by Gasteiger charge is 2.05. The molecule has 0 aromatic rings. The Bertz CT molecular complexity index is 96.9. The van der Waals surface area contributed by atoms with Gasteiger partial charge in [0.25, 0.3) is 0 Å². The highest BCUT2D eigenvalue weighted by molar-refractivity contribution is 6.32. The minimum atomic E-state index is -1.72. The summed E-state index contributed by atoms with van der Waals surface area (Å²) in [5.41, 5.74) is 0. The maximum absolute atomic E-state index is 8.16. The summed E-state index contributed by atoms with van der Waals surface area (Å²) in [4.78, 5) is 0. The molecule has 0 unspecified atom stereocenters. The Kier molecular flexibility index (Phi) is 6.80. The monoisotopic (exact) mass is 164 g/mol. The van der Waals surface area contributed by atoms with Crippen molar-refractivity contribution in [2.24, 2.45) is 0 Å². The van der Waals surface area contributed by atoms with Crippen molar-refractivity contribution in [2.75, 3.05) is 5.88 Å². The van der Waals surface area contributed by atoms with Crippen LogP contribution in [0.2, 0.25) is 0 Å². The number of alkyl halides is 1. The summed E-state index contributed by atoms with van der Waals surface area (Å²) in [6, 6.07) is 0. The molecule has 0 bridgehead atoms. The highest BCUT2D eigenvalue weighted by atomic mass is 35.5. The van der Waals surface area contributed by atoms with E-state index in [-0.39, 0.29) is 0 Å². The van der Waals surface area contributed by atoms with Crippen LogP contribution in [0.15, 0.2) is 12.3 Å². The van der Waals surface area contributed by atoms with Crippen LogP contribution in [0.5, 0.6) is 0 Å². The molecule has 0 heterocycles. The van der Waals surface area contributed by atoms with Crippen molar-refractivity contribution in [1.29, 1.82) is 0 Å². The van der Waals surface area contributed by atoms with Crippen molar-refractivity contribution in [3.63, 3.8) is 0 Å². The predicted molar refractivity (Wildman–Crippen MR) is 40.4 cm³/mol. The molecule has 0 saturated heterocycles. The summed E-state index contributed by atoms with van der Waals surface area (Å²) in [6.45, 7) is 0. The van der Waals surface area contributed by atoms with E-state index in [9.17, 15) is 0 Å². The van der Waals surface area contributed by atoms with Gasteiger partial charge in [-0.25, -0.2) is 0 Å². The summed E-state index contributed by atoms with van der Waals surface area (Å²) >= 11 is 5.37. The maximum Gasteiger partial charge on any atom is 0.707 e. The van der Waals surface area contributed by atoms with Gasteiger partial charge in [-0.1, -0.05) is 6.08 Å². The second kappa shape index (κ2) is 6.93. The van der Waals surface area contributed by atoms with E-state index >= 15 is 0 Å². The van der Waals surface area contributed by atoms with Crippen molar-refractivity contribution in [2.45, 2.75) is 12.8 Å². The number of hydrogen-bond donors (Lipinski definition) is 2. The van der Waals surface area contributed by atoms with Crippen LogP contribution in [-0.2, 0) is 4.65 Å². The number of halogens is 1. The zero-order valence-electron chi connectivity index (χ0n) is 5.53. The van der Waals surface area contributed by atoms with E-state index in [4.69, 9.17) is 21.6 Å². The van der Waals surface area contributed by atoms with Gasteiger partial charge < -0.3 is 14.7 Å². The second-order valence-corrected chi connectivity index (χ2v) is 2.04. The van der Waals surface area contributed by atoms with Crippen LogP contribution in [0, 0.1) is 0 Å². The average molecular weight is 164 g/mol. The topological polar surface area (TPSA) is 49.7 Å². The molecule has 0 fully saturated rings. The first-order valence-electron chi connectivity index (χ1n) is 3.00. The van der Waals surface area contributed by atoms with Crippen molar-refractivity contribution < 1.29 is 14.7 Å². The standard InChI is InChI=1S/C5H10BClO3/c7-4-2-1-3-5-10-6(8)9/h3,5,8-9H,1-2,4H2. The molecule has 0 aliphatic rings. The van der Waals surface area contributed by atoms with Gasteiger partial charge in [-0.05, 0) is 12.8 Å². The molecule has 2 N–H and O–H groups in total. The average Bonchev–Trinajstić information content (AvgIpc) is 1.87. The Balaban J connectivity index is 3.04. The van der Waals surface area contributed by atoms with Crippen molar-refractivity contribution in [3.8, 4) is 0 Å². The van der Waals surface area contributed by atoms with Crippen LogP contribution in [0.1, 0.15) is 12.8 Å². The second-order valence-electron chi connectivity index (χ2n) is 1.67. The van der Waals surface area contributed by atoms with Crippen molar-refractivity contribution in [1.82, 2.24) is 0 Å². The molecule has 0 spiro atoms. The molecule has 5 heteroatoms. The molecule has 0 aliphatic heterocycles. The first-order chi connectivity index (χ1) is 4.77. The lowest BCUT2D eigenvalue weighted by Crippen LogP contribution is -2.12. The SMILES string of the molecule is OB(O)OC=CCCCCl. The molecule has 0 atom stereocenters. The third-order valence-electron chi connectivity index (χ3n) is 0.801. The van der Waals surface area contributed by atoms with E-state index in [2.05, 4.69) is 4.65 Å². The molecule has 58 valence electrons. The largest absolute Gasteiger partial charge is 0.707 e. The third kappa shape index (κ3) is 7.81.